The Bertz CT molecular complexity index is 960. The number of hydrogen-bond donors (Lipinski definition) is 3. The molecule has 0 fully saturated rings. The zero-order chi connectivity index (χ0) is 22.1. The average molecular weight is 446 g/mol. The Morgan fingerprint density at radius 2 is 1.90 bits per heavy atom. The molecule has 0 spiro atoms. The second kappa shape index (κ2) is 11.3. The predicted molar refractivity (Wildman–Crippen MR) is 123 cm³/mol. The molecular formula is C22H24ClN3O3S. The van der Waals surface area contributed by atoms with Crippen molar-refractivity contribution in [2.24, 2.45) is 0 Å². The number of hydrogen-bond acceptors (Lipinski definition) is 4. The van der Waals surface area contributed by atoms with E-state index >= 15 is 0 Å². The van der Waals surface area contributed by atoms with Gasteiger partial charge in [-0.1, -0.05) is 55.8 Å². The van der Waals surface area contributed by atoms with E-state index in [4.69, 9.17) is 28.6 Å². The third-order valence-electron chi connectivity index (χ3n) is 4.02. The Kier molecular flexibility index (Phi) is 8.83. The van der Waals surface area contributed by atoms with Gasteiger partial charge in [0.15, 0.2) is 11.7 Å². The Labute approximate surface area is 186 Å². The van der Waals surface area contributed by atoms with Crippen LogP contribution in [0, 0.1) is 6.92 Å². The van der Waals surface area contributed by atoms with Crippen LogP contribution in [-0.4, -0.2) is 23.5 Å². The summed E-state index contributed by atoms with van der Waals surface area (Å²) >= 11 is 11.0. The number of carbonyl (C=O) groups excluding carboxylic acids is 2. The average Bonchev–Trinajstić information content (AvgIpc) is 2.70. The molecule has 0 saturated carbocycles. The molecule has 0 heterocycles. The fraction of sp³-hybridized carbons (Fsp3) is 0.227. The predicted octanol–water partition coefficient (Wildman–Crippen LogP) is 3.89. The summed E-state index contributed by atoms with van der Waals surface area (Å²) in [5, 5.41) is 2.91. The summed E-state index contributed by atoms with van der Waals surface area (Å²) in [6.45, 7) is 5.87. The summed E-state index contributed by atoms with van der Waals surface area (Å²) in [4.78, 5) is 23.9. The van der Waals surface area contributed by atoms with Crippen LogP contribution in [0.1, 0.15) is 36.5 Å². The maximum Gasteiger partial charge on any atom is 0.276 e. The molecule has 0 aliphatic rings. The van der Waals surface area contributed by atoms with Crippen molar-refractivity contribution in [1.29, 1.82) is 0 Å². The fourth-order valence-electron chi connectivity index (χ4n) is 2.51. The molecular weight excluding hydrogens is 422 g/mol. The molecule has 0 aliphatic carbocycles. The van der Waals surface area contributed by atoms with E-state index in [1.54, 1.807) is 24.3 Å². The molecule has 0 atom stereocenters. The lowest BCUT2D eigenvalue weighted by atomic mass is 10.0. The van der Waals surface area contributed by atoms with E-state index in [2.05, 4.69) is 30.0 Å². The highest BCUT2D eigenvalue weighted by molar-refractivity contribution is 7.80. The van der Waals surface area contributed by atoms with Gasteiger partial charge in [0.05, 0.1) is 0 Å². The topological polar surface area (TPSA) is 79.5 Å². The molecule has 2 aromatic rings. The molecule has 158 valence electrons. The van der Waals surface area contributed by atoms with Crippen molar-refractivity contribution in [2.45, 2.75) is 26.7 Å². The number of aryl methyl sites for hydroxylation is 1. The van der Waals surface area contributed by atoms with Gasteiger partial charge in [-0.3, -0.25) is 25.8 Å². The van der Waals surface area contributed by atoms with Gasteiger partial charge in [-0.2, -0.15) is 0 Å². The summed E-state index contributed by atoms with van der Waals surface area (Å²) in [5.41, 5.74) is 7.63. The second-order valence-electron chi connectivity index (χ2n) is 6.83. The van der Waals surface area contributed by atoms with E-state index in [-0.39, 0.29) is 17.6 Å². The normalized spacial score (nSPS) is 10.7. The number of ether oxygens (including phenoxy) is 1. The molecule has 8 heteroatoms. The number of hydrazine groups is 1. The van der Waals surface area contributed by atoms with E-state index in [0.717, 1.165) is 11.1 Å². The first kappa shape index (κ1) is 23.4. The highest BCUT2D eigenvalue weighted by Gasteiger charge is 2.11. The van der Waals surface area contributed by atoms with Crippen molar-refractivity contribution in [3.05, 3.63) is 70.3 Å². The van der Waals surface area contributed by atoms with Crippen molar-refractivity contribution in [1.82, 2.24) is 16.2 Å². The van der Waals surface area contributed by atoms with Gasteiger partial charge in [-0.25, -0.2) is 0 Å². The monoisotopic (exact) mass is 445 g/mol. The number of halogens is 1. The Morgan fingerprint density at radius 1 is 1.17 bits per heavy atom. The molecule has 2 rings (SSSR count). The van der Waals surface area contributed by atoms with Crippen LogP contribution in [0.15, 0.2) is 48.5 Å². The van der Waals surface area contributed by atoms with Gasteiger partial charge in [0.2, 0.25) is 5.91 Å². The SMILES string of the molecule is Cc1ccc(C(C)C)c(OCC(=O)NNC(=S)NC(=O)C=Cc2ccccc2Cl)c1. The lowest BCUT2D eigenvalue weighted by molar-refractivity contribution is -0.123. The number of nitrogens with one attached hydrogen (secondary N) is 3. The lowest BCUT2D eigenvalue weighted by Gasteiger charge is -2.15. The van der Waals surface area contributed by atoms with Crippen LogP contribution in [0.2, 0.25) is 5.02 Å². The highest BCUT2D eigenvalue weighted by Crippen LogP contribution is 2.27. The molecule has 2 aromatic carbocycles. The first-order valence-corrected chi connectivity index (χ1v) is 10.1. The minimum atomic E-state index is -0.459. The number of amides is 2. The largest absolute Gasteiger partial charge is 0.483 e. The van der Waals surface area contributed by atoms with Crippen LogP contribution in [0.3, 0.4) is 0 Å². The van der Waals surface area contributed by atoms with Gasteiger partial charge in [0, 0.05) is 11.1 Å². The number of thiocarbonyl (C=S) groups is 1. The van der Waals surface area contributed by atoms with Gasteiger partial charge >= 0.3 is 0 Å². The summed E-state index contributed by atoms with van der Waals surface area (Å²) in [6, 6.07) is 13.0. The third kappa shape index (κ3) is 7.50. The summed E-state index contributed by atoms with van der Waals surface area (Å²) in [5.74, 6) is 0.0396. The van der Waals surface area contributed by atoms with Crippen LogP contribution in [0.4, 0.5) is 0 Å². The van der Waals surface area contributed by atoms with Gasteiger partial charge in [-0.15, -0.1) is 0 Å². The second-order valence-corrected chi connectivity index (χ2v) is 7.65. The standard InChI is InChI=1S/C22H24ClN3O3S/c1-14(2)17-10-8-15(3)12-19(17)29-13-21(28)25-26-22(30)24-20(27)11-9-16-6-4-5-7-18(16)23/h4-12,14H,13H2,1-3H3,(H,25,28)(H2,24,26,27,30). The minimum Gasteiger partial charge on any atom is -0.483 e. The minimum absolute atomic E-state index is 0.0458. The summed E-state index contributed by atoms with van der Waals surface area (Å²) in [7, 11) is 0. The van der Waals surface area contributed by atoms with Crippen LogP contribution >= 0.6 is 23.8 Å². The van der Waals surface area contributed by atoms with E-state index in [1.807, 2.05) is 31.2 Å². The molecule has 2 amide bonds. The van der Waals surface area contributed by atoms with Crippen LogP contribution in [0.5, 0.6) is 5.75 Å². The summed E-state index contributed by atoms with van der Waals surface area (Å²) < 4.78 is 5.65. The van der Waals surface area contributed by atoms with Crippen LogP contribution < -0.4 is 20.9 Å². The van der Waals surface area contributed by atoms with E-state index in [1.165, 1.54) is 6.08 Å². The maximum atomic E-state index is 12.0. The number of rotatable bonds is 6. The van der Waals surface area contributed by atoms with E-state index in [0.29, 0.717) is 16.3 Å². The van der Waals surface area contributed by atoms with Crippen molar-refractivity contribution in [3.63, 3.8) is 0 Å². The zero-order valence-electron chi connectivity index (χ0n) is 17.0. The van der Waals surface area contributed by atoms with Crippen molar-refractivity contribution in [3.8, 4) is 5.75 Å². The van der Waals surface area contributed by atoms with Gasteiger partial charge < -0.3 is 4.74 Å². The molecule has 0 saturated heterocycles. The smallest absolute Gasteiger partial charge is 0.276 e. The molecule has 30 heavy (non-hydrogen) atoms. The van der Waals surface area contributed by atoms with Gasteiger partial charge in [-0.05, 0) is 60.0 Å². The number of carbonyl (C=O) groups is 2. The molecule has 0 bridgehead atoms. The molecule has 3 N–H and O–H groups in total. The highest BCUT2D eigenvalue weighted by atomic mass is 35.5. The number of benzene rings is 2. The van der Waals surface area contributed by atoms with Crippen molar-refractivity contribution < 1.29 is 14.3 Å². The first-order valence-electron chi connectivity index (χ1n) is 9.32. The molecule has 0 radical (unpaired) electrons. The van der Waals surface area contributed by atoms with E-state index in [9.17, 15) is 9.59 Å². The molecule has 0 unspecified atom stereocenters. The first-order chi connectivity index (χ1) is 14.3. The van der Waals surface area contributed by atoms with Crippen LogP contribution in [0.25, 0.3) is 6.08 Å². The van der Waals surface area contributed by atoms with Gasteiger partial charge in [0.1, 0.15) is 5.75 Å². The molecule has 0 aliphatic heterocycles. The van der Waals surface area contributed by atoms with Crippen LogP contribution in [-0.2, 0) is 9.59 Å². The Balaban J connectivity index is 1.78. The fourth-order valence-corrected chi connectivity index (χ4v) is 2.86. The molecule has 0 aromatic heterocycles. The third-order valence-corrected chi connectivity index (χ3v) is 4.57. The van der Waals surface area contributed by atoms with E-state index < -0.39 is 11.8 Å². The molecule has 6 nitrogen and oxygen atoms in total. The maximum absolute atomic E-state index is 12.0. The zero-order valence-corrected chi connectivity index (χ0v) is 18.6. The lowest BCUT2D eigenvalue weighted by Crippen LogP contribution is -2.49. The van der Waals surface area contributed by atoms with Crippen molar-refractivity contribution in [2.75, 3.05) is 6.61 Å². The van der Waals surface area contributed by atoms with Crippen molar-refractivity contribution >= 4 is 46.8 Å². The quantitative estimate of drug-likeness (QED) is 0.357. The Hall–Kier alpha value is -2.90. The Morgan fingerprint density at radius 3 is 2.60 bits per heavy atom. The summed E-state index contributed by atoms with van der Waals surface area (Å²) in [6.07, 6.45) is 2.87. The van der Waals surface area contributed by atoms with Gasteiger partial charge in [0.25, 0.3) is 5.91 Å².